The van der Waals surface area contributed by atoms with E-state index in [1.165, 1.54) is 25.7 Å². The summed E-state index contributed by atoms with van der Waals surface area (Å²) >= 11 is 5.52. The van der Waals surface area contributed by atoms with Gasteiger partial charge in [0.05, 0.1) is 0 Å². The van der Waals surface area contributed by atoms with Crippen molar-refractivity contribution in [3.8, 4) is 0 Å². The summed E-state index contributed by atoms with van der Waals surface area (Å²) < 4.78 is 0. The second-order valence-electron chi connectivity index (χ2n) is 3.70. The van der Waals surface area contributed by atoms with Crippen LogP contribution in [0.3, 0.4) is 0 Å². The number of nitrogens with one attached hydrogen (secondary N) is 1. The molecule has 0 aromatic heterocycles. The standard InChI is InChI=1S/C12H24ClN/c1-3-5-8-12(4-2)11-14-10-7-6-9-13/h6-7,12,14H,3-5,8-11H2,1-2H3/b7-6+. The van der Waals surface area contributed by atoms with Crippen molar-refractivity contribution in [1.29, 1.82) is 0 Å². The molecule has 1 nitrogen and oxygen atoms in total. The molecule has 0 heterocycles. The Bertz CT molecular complexity index is 134. The lowest BCUT2D eigenvalue weighted by molar-refractivity contribution is 0.428. The lowest BCUT2D eigenvalue weighted by atomic mass is 9.99. The highest BCUT2D eigenvalue weighted by Gasteiger charge is 2.03. The molecule has 0 fully saturated rings. The minimum absolute atomic E-state index is 0.620. The third-order valence-electron chi connectivity index (χ3n) is 2.49. The first-order valence-electron chi connectivity index (χ1n) is 5.76. The molecule has 14 heavy (non-hydrogen) atoms. The predicted octanol–water partition coefficient (Wildman–Crippen LogP) is 3.59. The highest BCUT2D eigenvalue weighted by atomic mass is 35.5. The molecule has 2 heteroatoms. The molecule has 0 aliphatic heterocycles. The number of hydrogen-bond acceptors (Lipinski definition) is 1. The monoisotopic (exact) mass is 217 g/mol. The van der Waals surface area contributed by atoms with E-state index in [-0.39, 0.29) is 0 Å². The Labute approximate surface area is 93.9 Å². The van der Waals surface area contributed by atoms with Gasteiger partial charge >= 0.3 is 0 Å². The van der Waals surface area contributed by atoms with Gasteiger partial charge in [0.15, 0.2) is 0 Å². The van der Waals surface area contributed by atoms with Crippen LogP contribution in [0.5, 0.6) is 0 Å². The van der Waals surface area contributed by atoms with E-state index in [4.69, 9.17) is 11.6 Å². The predicted molar refractivity (Wildman–Crippen MR) is 66.0 cm³/mol. The molecule has 0 rings (SSSR count). The molecule has 0 saturated heterocycles. The minimum Gasteiger partial charge on any atom is -0.313 e. The third-order valence-corrected chi connectivity index (χ3v) is 2.67. The van der Waals surface area contributed by atoms with Gasteiger partial charge in [0, 0.05) is 12.4 Å². The first-order valence-corrected chi connectivity index (χ1v) is 6.30. The Kier molecular flexibility index (Phi) is 11.1. The molecule has 0 aliphatic rings. The summed E-state index contributed by atoms with van der Waals surface area (Å²) in [6.07, 6.45) is 9.40. The maximum atomic E-state index is 5.52. The van der Waals surface area contributed by atoms with Crippen LogP contribution in [0.25, 0.3) is 0 Å². The number of rotatable bonds is 9. The Morgan fingerprint density at radius 1 is 1.29 bits per heavy atom. The smallest absolute Gasteiger partial charge is 0.0404 e. The molecule has 0 aliphatic carbocycles. The van der Waals surface area contributed by atoms with Crippen LogP contribution in [0.2, 0.25) is 0 Å². The van der Waals surface area contributed by atoms with E-state index in [1.54, 1.807) is 0 Å². The molecular weight excluding hydrogens is 194 g/mol. The van der Waals surface area contributed by atoms with Crippen LogP contribution in [-0.2, 0) is 0 Å². The highest BCUT2D eigenvalue weighted by molar-refractivity contribution is 6.18. The zero-order chi connectivity index (χ0) is 10.6. The molecule has 0 aromatic carbocycles. The van der Waals surface area contributed by atoms with Gasteiger partial charge in [-0.25, -0.2) is 0 Å². The van der Waals surface area contributed by atoms with E-state index < -0.39 is 0 Å². The number of allylic oxidation sites excluding steroid dienone is 1. The Balaban J connectivity index is 3.37. The summed E-state index contributed by atoms with van der Waals surface area (Å²) in [4.78, 5) is 0. The summed E-state index contributed by atoms with van der Waals surface area (Å²) in [6, 6.07) is 0. The van der Waals surface area contributed by atoms with Crippen molar-refractivity contribution < 1.29 is 0 Å². The summed E-state index contributed by atoms with van der Waals surface area (Å²) in [6.45, 7) is 6.62. The first kappa shape index (κ1) is 14.0. The Morgan fingerprint density at radius 3 is 2.64 bits per heavy atom. The first-order chi connectivity index (χ1) is 6.85. The van der Waals surface area contributed by atoms with Crippen molar-refractivity contribution in [2.45, 2.75) is 39.5 Å². The lowest BCUT2D eigenvalue weighted by Crippen LogP contribution is -2.22. The van der Waals surface area contributed by atoms with E-state index in [0.29, 0.717) is 5.88 Å². The van der Waals surface area contributed by atoms with Crippen LogP contribution < -0.4 is 5.32 Å². The normalized spacial score (nSPS) is 13.6. The molecule has 1 unspecified atom stereocenters. The zero-order valence-corrected chi connectivity index (χ0v) is 10.3. The molecule has 0 radical (unpaired) electrons. The van der Waals surface area contributed by atoms with Gasteiger partial charge in [0.25, 0.3) is 0 Å². The van der Waals surface area contributed by atoms with E-state index in [9.17, 15) is 0 Å². The minimum atomic E-state index is 0.620. The maximum absolute atomic E-state index is 5.52. The van der Waals surface area contributed by atoms with Crippen LogP contribution in [-0.4, -0.2) is 19.0 Å². The Hall–Kier alpha value is -0.0100. The van der Waals surface area contributed by atoms with Crippen molar-refractivity contribution >= 4 is 11.6 Å². The molecular formula is C12H24ClN. The number of unbranched alkanes of at least 4 members (excludes halogenated alkanes) is 1. The van der Waals surface area contributed by atoms with Crippen LogP contribution in [0.1, 0.15) is 39.5 Å². The van der Waals surface area contributed by atoms with Crippen LogP contribution in [0, 0.1) is 5.92 Å². The molecule has 1 N–H and O–H groups in total. The number of alkyl halides is 1. The summed E-state index contributed by atoms with van der Waals surface area (Å²) in [5, 5.41) is 3.43. The SMILES string of the molecule is CCCCC(CC)CNC/C=C/CCl. The molecule has 0 bridgehead atoms. The van der Waals surface area contributed by atoms with Gasteiger partial charge < -0.3 is 5.32 Å². The lowest BCUT2D eigenvalue weighted by Gasteiger charge is -2.14. The molecule has 1 atom stereocenters. The van der Waals surface area contributed by atoms with Crippen molar-refractivity contribution in [1.82, 2.24) is 5.32 Å². The van der Waals surface area contributed by atoms with Gasteiger partial charge in [-0.05, 0) is 18.9 Å². The fourth-order valence-corrected chi connectivity index (χ4v) is 1.59. The van der Waals surface area contributed by atoms with Crippen LogP contribution in [0.4, 0.5) is 0 Å². The highest BCUT2D eigenvalue weighted by Crippen LogP contribution is 2.10. The average molecular weight is 218 g/mol. The second kappa shape index (κ2) is 11.1. The van der Waals surface area contributed by atoms with E-state index >= 15 is 0 Å². The summed E-state index contributed by atoms with van der Waals surface area (Å²) in [7, 11) is 0. The van der Waals surface area contributed by atoms with E-state index in [2.05, 4.69) is 25.2 Å². The number of halogens is 1. The molecule has 84 valence electrons. The maximum Gasteiger partial charge on any atom is 0.0404 e. The van der Waals surface area contributed by atoms with Crippen molar-refractivity contribution in [2.24, 2.45) is 5.92 Å². The van der Waals surface area contributed by atoms with Gasteiger partial charge in [-0.2, -0.15) is 0 Å². The van der Waals surface area contributed by atoms with Crippen LogP contribution >= 0.6 is 11.6 Å². The fraction of sp³-hybridized carbons (Fsp3) is 0.833. The second-order valence-corrected chi connectivity index (χ2v) is 4.01. The van der Waals surface area contributed by atoms with Gasteiger partial charge in [-0.1, -0.05) is 45.3 Å². The van der Waals surface area contributed by atoms with Crippen LogP contribution in [0.15, 0.2) is 12.2 Å². The van der Waals surface area contributed by atoms with E-state index in [1.807, 2.05) is 6.08 Å². The van der Waals surface area contributed by atoms with Crippen molar-refractivity contribution in [3.05, 3.63) is 12.2 Å². The Morgan fingerprint density at radius 2 is 2.07 bits per heavy atom. The van der Waals surface area contributed by atoms with Gasteiger partial charge in [-0.15, -0.1) is 11.6 Å². The third kappa shape index (κ3) is 8.58. The quantitative estimate of drug-likeness (QED) is 0.354. The van der Waals surface area contributed by atoms with Gasteiger partial charge in [0.2, 0.25) is 0 Å². The summed E-state index contributed by atoms with van der Waals surface area (Å²) in [5.74, 6) is 1.47. The zero-order valence-electron chi connectivity index (χ0n) is 9.56. The molecule has 0 aromatic rings. The largest absolute Gasteiger partial charge is 0.313 e. The van der Waals surface area contributed by atoms with Crippen molar-refractivity contribution in [2.75, 3.05) is 19.0 Å². The average Bonchev–Trinajstić information content (AvgIpc) is 2.22. The van der Waals surface area contributed by atoms with Gasteiger partial charge in [0.1, 0.15) is 0 Å². The number of hydrogen-bond donors (Lipinski definition) is 1. The molecule has 0 spiro atoms. The van der Waals surface area contributed by atoms with Crippen molar-refractivity contribution in [3.63, 3.8) is 0 Å². The summed E-state index contributed by atoms with van der Waals surface area (Å²) in [5.41, 5.74) is 0. The molecule has 0 saturated carbocycles. The topological polar surface area (TPSA) is 12.0 Å². The fourth-order valence-electron chi connectivity index (χ4n) is 1.46. The van der Waals surface area contributed by atoms with E-state index in [0.717, 1.165) is 19.0 Å². The van der Waals surface area contributed by atoms with Gasteiger partial charge in [-0.3, -0.25) is 0 Å². The molecule has 0 amide bonds.